The first-order chi connectivity index (χ1) is 11.5. The number of hydrogen-bond acceptors (Lipinski definition) is 5. The van der Waals surface area contributed by atoms with Crippen LogP contribution in [0.5, 0.6) is 5.75 Å². The number of ether oxygens (including phenoxy) is 2. The molecule has 2 rings (SSSR count). The second-order valence-electron chi connectivity index (χ2n) is 6.08. The number of hydrogen-bond donors (Lipinski definition) is 3. The highest BCUT2D eigenvalue weighted by atomic mass is 32.2. The van der Waals surface area contributed by atoms with Crippen LogP contribution in [0, 0.1) is 0 Å². The molecule has 3 N–H and O–H groups in total. The number of methoxy groups -OCH3 is 1. The number of rotatable bonds is 10. The third-order valence-corrected chi connectivity index (χ3v) is 5.58. The van der Waals surface area contributed by atoms with E-state index in [4.69, 9.17) is 9.47 Å². The fourth-order valence-electron chi connectivity index (χ4n) is 2.46. The Bertz CT molecular complexity index is 640. The summed E-state index contributed by atoms with van der Waals surface area (Å²) in [6.45, 7) is 5.57. The van der Waals surface area contributed by atoms with Gasteiger partial charge in [-0.15, -0.1) is 11.8 Å². The van der Waals surface area contributed by atoms with Gasteiger partial charge in [0.1, 0.15) is 18.5 Å². The Kier molecular flexibility index (Phi) is 6.98. The third kappa shape index (κ3) is 4.89. The van der Waals surface area contributed by atoms with Gasteiger partial charge in [-0.3, -0.25) is 0 Å². The van der Waals surface area contributed by atoms with E-state index in [1.54, 1.807) is 18.9 Å². The van der Waals surface area contributed by atoms with Crippen molar-refractivity contribution in [1.82, 2.24) is 10.3 Å². The first-order valence-corrected chi connectivity index (χ1v) is 9.44. The van der Waals surface area contributed by atoms with Crippen LogP contribution in [0.25, 0.3) is 10.9 Å². The van der Waals surface area contributed by atoms with Gasteiger partial charge >= 0.3 is 0 Å². The Morgan fingerprint density at radius 3 is 2.88 bits per heavy atom. The van der Waals surface area contributed by atoms with E-state index in [0.29, 0.717) is 13.2 Å². The van der Waals surface area contributed by atoms with Gasteiger partial charge in [0.2, 0.25) is 0 Å². The lowest BCUT2D eigenvalue weighted by Gasteiger charge is -2.28. The highest BCUT2D eigenvalue weighted by molar-refractivity contribution is 7.99. The molecule has 0 aliphatic heterocycles. The highest BCUT2D eigenvalue weighted by Crippen LogP contribution is 2.27. The number of aliphatic hydroxyl groups excluding tert-OH is 1. The van der Waals surface area contributed by atoms with Gasteiger partial charge in [0.25, 0.3) is 0 Å². The molecule has 0 fully saturated rings. The number of thioether (sulfide) groups is 1. The van der Waals surface area contributed by atoms with Gasteiger partial charge in [-0.05, 0) is 37.8 Å². The minimum Gasteiger partial charge on any atom is -0.490 e. The minimum atomic E-state index is -0.560. The molecule has 5 nitrogen and oxygen atoms in total. The molecule has 0 aliphatic carbocycles. The van der Waals surface area contributed by atoms with Crippen molar-refractivity contribution in [1.29, 1.82) is 0 Å². The number of benzene rings is 1. The standard InChI is InChI=1S/C18H28N2O3S/c1-5-18(2,24-4)19-10-14(21)12-23-17-8-6-7-16-15(17)9-13(20-16)11-22-3/h6-9,14,19-21H,5,10-12H2,1-4H3. The lowest BCUT2D eigenvalue weighted by Crippen LogP contribution is -2.44. The molecular formula is C18H28N2O3S. The smallest absolute Gasteiger partial charge is 0.128 e. The molecule has 1 heterocycles. The average molecular weight is 353 g/mol. The van der Waals surface area contributed by atoms with Crippen molar-refractivity contribution >= 4 is 22.7 Å². The minimum absolute atomic E-state index is 0.0172. The normalized spacial score (nSPS) is 15.4. The number of nitrogens with one attached hydrogen (secondary N) is 2. The van der Waals surface area contributed by atoms with E-state index in [-0.39, 0.29) is 11.5 Å². The lowest BCUT2D eigenvalue weighted by molar-refractivity contribution is 0.103. The average Bonchev–Trinajstić information content (AvgIpc) is 3.01. The summed E-state index contributed by atoms with van der Waals surface area (Å²) in [5.74, 6) is 0.772. The summed E-state index contributed by atoms with van der Waals surface area (Å²) in [6, 6.07) is 7.90. The summed E-state index contributed by atoms with van der Waals surface area (Å²) in [6.07, 6.45) is 2.51. The molecule has 24 heavy (non-hydrogen) atoms. The quantitative estimate of drug-likeness (QED) is 0.573. The first kappa shape index (κ1) is 19.1. The van der Waals surface area contributed by atoms with Gasteiger partial charge in [0.15, 0.2) is 0 Å². The zero-order valence-electron chi connectivity index (χ0n) is 14.9. The molecule has 0 aliphatic rings. The summed E-state index contributed by atoms with van der Waals surface area (Å²) in [5, 5.41) is 14.6. The van der Waals surface area contributed by atoms with Crippen molar-refractivity contribution in [2.75, 3.05) is 26.5 Å². The molecule has 0 bridgehead atoms. The number of aromatic nitrogens is 1. The van der Waals surface area contributed by atoms with Crippen LogP contribution in [0.15, 0.2) is 24.3 Å². The second-order valence-corrected chi connectivity index (χ2v) is 7.39. The van der Waals surface area contributed by atoms with Crippen molar-refractivity contribution < 1.29 is 14.6 Å². The maximum Gasteiger partial charge on any atom is 0.128 e. The van der Waals surface area contributed by atoms with Crippen LogP contribution < -0.4 is 10.1 Å². The summed E-state index contributed by atoms with van der Waals surface area (Å²) in [4.78, 5) is 3.29. The number of H-pyrrole nitrogens is 1. The zero-order chi connectivity index (χ0) is 17.6. The molecule has 2 unspecified atom stereocenters. The van der Waals surface area contributed by atoms with E-state index in [0.717, 1.165) is 28.8 Å². The van der Waals surface area contributed by atoms with Crippen LogP contribution in [0.1, 0.15) is 26.0 Å². The predicted molar refractivity (Wildman–Crippen MR) is 101 cm³/mol. The summed E-state index contributed by atoms with van der Waals surface area (Å²) >= 11 is 1.76. The van der Waals surface area contributed by atoms with Gasteiger partial charge in [0.05, 0.1) is 11.5 Å². The summed E-state index contributed by atoms with van der Waals surface area (Å²) in [7, 11) is 1.67. The van der Waals surface area contributed by atoms with Crippen LogP contribution in [0.4, 0.5) is 0 Å². The maximum absolute atomic E-state index is 10.2. The molecule has 0 saturated carbocycles. The van der Waals surface area contributed by atoms with Gasteiger partial charge in [-0.2, -0.15) is 0 Å². The molecular weight excluding hydrogens is 324 g/mol. The number of fused-ring (bicyclic) bond motifs is 1. The van der Waals surface area contributed by atoms with Crippen molar-refractivity contribution in [3.8, 4) is 5.75 Å². The van der Waals surface area contributed by atoms with Crippen molar-refractivity contribution in [2.45, 2.75) is 37.9 Å². The molecule has 1 aromatic carbocycles. The van der Waals surface area contributed by atoms with Crippen molar-refractivity contribution in [3.05, 3.63) is 30.0 Å². The Balaban J connectivity index is 1.95. The zero-order valence-corrected chi connectivity index (χ0v) is 15.7. The molecule has 1 aromatic heterocycles. The lowest BCUT2D eigenvalue weighted by atomic mass is 10.2. The van der Waals surface area contributed by atoms with Crippen LogP contribution in [-0.2, 0) is 11.3 Å². The van der Waals surface area contributed by atoms with Crippen LogP contribution in [-0.4, -0.2) is 47.6 Å². The van der Waals surface area contributed by atoms with Crippen LogP contribution in [0.3, 0.4) is 0 Å². The van der Waals surface area contributed by atoms with E-state index in [9.17, 15) is 5.11 Å². The summed E-state index contributed by atoms with van der Waals surface area (Å²) in [5.41, 5.74) is 2.01. The Labute approximate surface area is 148 Å². The summed E-state index contributed by atoms with van der Waals surface area (Å²) < 4.78 is 11.0. The Morgan fingerprint density at radius 1 is 1.42 bits per heavy atom. The number of aromatic amines is 1. The van der Waals surface area contributed by atoms with Crippen molar-refractivity contribution in [2.24, 2.45) is 0 Å². The Hall–Kier alpha value is -1.21. The SMILES string of the molecule is CCC(C)(NCC(O)COc1cccc2[nH]c(COC)cc12)SC. The molecule has 0 saturated heterocycles. The van der Waals surface area contributed by atoms with Crippen LogP contribution >= 0.6 is 11.8 Å². The molecule has 2 aromatic rings. The third-order valence-electron chi connectivity index (χ3n) is 4.25. The van der Waals surface area contributed by atoms with E-state index in [2.05, 4.69) is 30.4 Å². The fourth-order valence-corrected chi connectivity index (χ4v) is 2.98. The molecule has 0 radical (unpaired) electrons. The predicted octanol–water partition coefficient (Wildman–Crippen LogP) is 3.13. The highest BCUT2D eigenvalue weighted by Gasteiger charge is 2.21. The van der Waals surface area contributed by atoms with Crippen LogP contribution in [0.2, 0.25) is 0 Å². The van der Waals surface area contributed by atoms with E-state index >= 15 is 0 Å². The monoisotopic (exact) mass is 352 g/mol. The molecule has 2 atom stereocenters. The van der Waals surface area contributed by atoms with E-state index in [1.807, 2.05) is 24.3 Å². The number of aliphatic hydroxyl groups is 1. The van der Waals surface area contributed by atoms with Gasteiger partial charge < -0.3 is 24.9 Å². The molecule has 0 amide bonds. The van der Waals surface area contributed by atoms with Gasteiger partial charge in [-0.1, -0.05) is 13.0 Å². The van der Waals surface area contributed by atoms with Gasteiger partial charge in [0, 0.05) is 30.3 Å². The second kappa shape index (κ2) is 8.76. The topological polar surface area (TPSA) is 66.5 Å². The fraction of sp³-hybridized carbons (Fsp3) is 0.556. The molecule has 0 spiro atoms. The van der Waals surface area contributed by atoms with Crippen molar-refractivity contribution in [3.63, 3.8) is 0 Å². The van der Waals surface area contributed by atoms with E-state index < -0.39 is 6.10 Å². The van der Waals surface area contributed by atoms with E-state index in [1.165, 1.54) is 0 Å². The maximum atomic E-state index is 10.2. The van der Waals surface area contributed by atoms with Gasteiger partial charge in [-0.25, -0.2) is 0 Å². The Morgan fingerprint density at radius 2 is 2.21 bits per heavy atom. The largest absolute Gasteiger partial charge is 0.490 e. The molecule has 134 valence electrons. The first-order valence-electron chi connectivity index (χ1n) is 8.22. The molecule has 6 heteroatoms.